The van der Waals surface area contributed by atoms with Crippen molar-refractivity contribution in [2.45, 2.75) is 34.1 Å². The summed E-state index contributed by atoms with van der Waals surface area (Å²) in [5.41, 5.74) is 6.78. The Bertz CT molecular complexity index is 533. The minimum Gasteiger partial charge on any atom is -0.462 e. The van der Waals surface area contributed by atoms with E-state index in [0.29, 0.717) is 16.6 Å². The average Bonchev–Trinajstić information content (AvgIpc) is 2.77. The lowest BCUT2D eigenvalue weighted by atomic mass is 10.1. The van der Waals surface area contributed by atoms with Crippen LogP contribution in [0.1, 0.15) is 43.6 Å². The van der Waals surface area contributed by atoms with E-state index in [1.807, 2.05) is 6.92 Å². The van der Waals surface area contributed by atoms with Crippen molar-refractivity contribution >= 4 is 34.5 Å². The van der Waals surface area contributed by atoms with Crippen molar-refractivity contribution in [3.63, 3.8) is 0 Å². The van der Waals surface area contributed by atoms with Crippen LogP contribution in [0.25, 0.3) is 0 Å². The molecule has 21 heavy (non-hydrogen) atoms. The highest BCUT2D eigenvalue weighted by Gasteiger charge is 2.35. The van der Waals surface area contributed by atoms with Crippen molar-refractivity contribution in [3.05, 3.63) is 11.1 Å². The third kappa shape index (κ3) is 3.86. The maximum Gasteiger partial charge on any atom is 0.371 e. The summed E-state index contributed by atoms with van der Waals surface area (Å²) in [5, 5.41) is 0.278. The number of hydrogen-bond donors (Lipinski definition) is 1. The number of esters is 1. The summed E-state index contributed by atoms with van der Waals surface area (Å²) in [6, 6.07) is 0. The zero-order chi connectivity index (χ0) is 16.0. The van der Waals surface area contributed by atoms with Crippen LogP contribution < -0.4 is 10.4 Å². The van der Waals surface area contributed by atoms with Gasteiger partial charge < -0.3 is 19.5 Å². The number of carbonyl (C=O) groups excluding carboxylic acids is 1. The molecular formula is C13H22NO5PS. The summed E-state index contributed by atoms with van der Waals surface area (Å²) in [5.74, 6) is -0.506. The smallest absolute Gasteiger partial charge is 0.371 e. The molecule has 0 amide bonds. The Hall–Kier alpha value is -0.880. The van der Waals surface area contributed by atoms with Gasteiger partial charge in [-0.3, -0.25) is 4.57 Å². The van der Waals surface area contributed by atoms with E-state index in [9.17, 15) is 9.36 Å². The number of nitrogens with two attached hydrogens (primary N) is 1. The van der Waals surface area contributed by atoms with Crippen LogP contribution in [0, 0.1) is 0 Å². The summed E-state index contributed by atoms with van der Waals surface area (Å²) in [6.45, 7) is 7.79. The normalized spacial score (nSPS) is 11.6. The number of rotatable bonds is 8. The Morgan fingerprint density at radius 3 is 2.14 bits per heavy atom. The maximum atomic E-state index is 12.9. The summed E-state index contributed by atoms with van der Waals surface area (Å²) >= 11 is 1.07. The fourth-order valence-electron chi connectivity index (χ4n) is 1.94. The van der Waals surface area contributed by atoms with Crippen molar-refractivity contribution in [2.24, 2.45) is 0 Å². The van der Waals surface area contributed by atoms with Crippen LogP contribution in [-0.2, 0) is 24.8 Å². The second kappa shape index (κ2) is 7.94. The number of nitrogen functional groups attached to an aromatic ring is 1. The van der Waals surface area contributed by atoms with Gasteiger partial charge in [-0.15, -0.1) is 11.3 Å². The number of carbonyl (C=O) groups is 1. The predicted molar refractivity (Wildman–Crippen MR) is 84.6 cm³/mol. The van der Waals surface area contributed by atoms with Crippen molar-refractivity contribution < 1.29 is 23.1 Å². The zero-order valence-electron chi connectivity index (χ0n) is 12.8. The lowest BCUT2D eigenvalue weighted by Gasteiger charge is -2.17. The fraction of sp³-hybridized carbons (Fsp3) is 0.615. The molecule has 2 N–H and O–H groups in total. The SMILES string of the molecule is CCOC(=O)c1c(N)sc(P(=O)(OCC)OCC)c1CC. The third-order valence-electron chi connectivity index (χ3n) is 2.69. The summed E-state index contributed by atoms with van der Waals surface area (Å²) in [4.78, 5) is 12.0. The molecule has 0 atom stereocenters. The van der Waals surface area contributed by atoms with Gasteiger partial charge in [0, 0.05) is 0 Å². The Morgan fingerprint density at radius 1 is 1.14 bits per heavy atom. The topological polar surface area (TPSA) is 87.9 Å². The summed E-state index contributed by atoms with van der Waals surface area (Å²) in [7, 11) is -3.46. The first-order chi connectivity index (χ1) is 9.95. The van der Waals surface area contributed by atoms with E-state index in [-0.39, 0.29) is 30.4 Å². The molecule has 0 radical (unpaired) electrons. The molecule has 6 nitrogen and oxygen atoms in total. The third-order valence-corrected chi connectivity index (χ3v) is 6.47. The Labute approximate surface area is 129 Å². The molecule has 0 spiro atoms. The molecule has 120 valence electrons. The molecule has 0 fully saturated rings. The van der Waals surface area contributed by atoms with E-state index >= 15 is 0 Å². The van der Waals surface area contributed by atoms with Gasteiger partial charge in [-0.1, -0.05) is 6.92 Å². The minimum absolute atomic E-state index is 0.243. The lowest BCUT2D eigenvalue weighted by Crippen LogP contribution is -2.15. The largest absolute Gasteiger partial charge is 0.462 e. The number of ether oxygens (including phenoxy) is 1. The van der Waals surface area contributed by atoms with Gasteiger partial charge in [0.15, 0.2) is 0 Å². The Morgan fingerprint density at radius 2 is 1.71 bits per heavy atom. The molecule has 1 heterocycles. The van der Waals surface area contributed by atoms with E-state index in [1.54, 1.807) is 20.8 Å². The Balaban J connectivity index is 3.40. The monoisotopic (exact) mass is 335 g/mol. The molecular weight excluding hydrogens is 313 g/mol. The van der Waals surface area contributed by atoms with Gasteiger partial charge in [0.1, 0.15) is 9.62 Å². The zero-order valence-corrected chi connectivity index (χ0v) is 14.5. The minimum atomic E-state index is -3.46. The van der Waals surface area contributed by atoms with E-state index in [4.69, 9.17) is 19.5 Å². The second-order valence-corrected chi connectivity index (χ2v) is 7.35. The number of anilines is 1. The molecule has 0 aliphatic carbocycles. The molecule has 1 aromatic rings. The van der Waals surface area contributed by atoms with E-state index in [2.05, 4.69) is 0 Å². The van der Waals surface area contributed by atoms with Gasteiger partial charge in [-0.05, 0) is 32.8 Å². The Kier molecular flexibility index (Phi) is 6.87. The molecule has 0 saturated carbocycles. The molecule has 0 saturated heterocycles. The number of thiophene rings is 1. The van der Waals surface area contributed by atoms with E-state index in [0.717, 1.165) is 11.3 Å². The van der Waals surface area contributed by atoms with Gasteiger partial charge >= 0.3 is 13.6 Å². The van der Waals surface area contributed by atoms with Crippen molar-refractivity contribution in [1.29, 1.82) is 0 Å². The van der Waals surface area contributed by atoms with Crippen LogP contribution >= 0.6 is 18.9 Å². The summed E-state index contributed by atoms with van der Waals surface area (Å²) in [6.07, 6.45) is 0.487. The molecule has 8 heteroatoms. The van der Waals surface area contributed by atoms with Crippen LogP contribution in [0.5, 0.6) is 0 Å². The van der Waals surface area contributed by atoms with Crippen molar-refractivity contribution in [1.82, 2.24) is 0 Å². The molecule has 0 aliphatic rings. The molecule has 0 unspecified atom stereocenters. The first kappa shape index (κ1) is 18.2. The van der Waals surface area contributed by atoms with Gasteiger partial charge in [0.05, 0.1) is 25.4 Å². The number of hydrogen-bond acceptors (Lipinski definition) is 7. The predicted octanol–water partition coefficient (Wildman–Crippen LogP) is 2.96. The van der Waals surface area contributed by atoms with Crippen LogP contribution in [0.2, 0.25) is 0 Å². The average molecular weight is 335 g/mol. The highest BCUT2D eigenvalue weighted by atomic mass is 32.1. The standard InChI is InChI=1S/C13H22NO5PS/c1-5-9-10(12(15)17-6-2)11(14)21-13(9)20(16,18-7-3)19-8-4/h5-8,14H2,1-4H3. The van der Waals surface area contributed by atoms with Crippen LogP contribution in [0.3, 0.4) is 0 Å². The molecule has 1 aromatic heterocycles. The quantitative estimate of drug-likeness (QED) is 0.580. The summed E-state index contributed by atoms with van der Waals surface area (Å²) < 4.78 is 29.0. The fourth-order valence-corrected chi connectivity index (χ4v) is 5.48. The highest BCUT2D eigenvalue weighted by molar-refractivity contribution is 7.69. The van der Waals surface area contributed by atoms with Gasteiger partial charge in [0.25, 0.3) is 0 Å². The van der Waals surface area contributed by atoms with Crippen LogP contribution in [-0.4, -0.2) is 25.8 Å². The van der Waals surface area contributed by atoms with Gasteiger partial charge in [0.2, 0.25) is 0 Å². The van der Waals surface area contributed by atoms with E-state index < -0.39 is 13.6 Å². The van der Waals surface area contributed by atoms with Crippen LogP contribution in [0.4, 0.5) is 5.00 Å². The molecule has 0 bridgehead atoms. The first-order valence-electron chi connectivity index (χ1n) is 6.92. The highest BCUT2D eigenvalue weighted by Crippen LogP contribution is 2.51. The second-order valence-electron chi connectivity index (χ2n) is 4.03. The van der Waals surface area contributed by atoms with Crippen molar-refractivity contribution in [3.8, 4) is 0 Å². The van der Waals surface area contributed by atoms with Crippen LogP contribution in [0.15, 0.2) is 0 Å². The first-order valence-corrected chi connectivity index (χ1v) is 9.28. The maximum absolute atomic E-state index is 12.9. The molecule has 0 aliphatic heterocycles. The van der Waals surface area contributed by atoms with E-state index in [1.165, 1.54) is 0 Å². The van der Waals surface area contributed by atoms with Crippen molar-refractivity contribution in [2.75, 3.05) is 25.6 Å². The van der Waals surface area contributed by atoms with Gasteiger partial charge in [-0.2, -0.15) is 0 Å². The molecule has 0 aromatic carbocycles. The van der Waals surface area contributed by atoms with Gasteiger partial charge in [-0.25, -0.2) is 4.79 Å². The lowest BCUT2D eigenvalue weighted by molar-refractivity contribution is 0.0527. The molecule has 1 rings (SSSR count).